The lowest BCUT2D eigenvalue weighted by Crippen LogP contribution is -2.52. The molecule has 0 spiro atoms. The van der Waals surface area contributed by atoms with Crippen molar-refractivity contribution in [3.8, 4) is 0 Å². The van der Waals surface area contributed by atoms with Crippen molar-refractivity contribution in [2.75, 3.05) is 0 Å². The third-order valence-electron chi connectivity index (χ3n) is 7.51. The maximum absolute atomic E-state index is 14.1. The SMILES string of the molecule is CC(C)c1cc2c(cc1F)C(=O)N(C1CCC(=O)NC1=O)C2.CC(C)c1ccc(C2CCC(=O)NC2=O)cc1. The predicted octanol–water partition coefficient (Wildman–Crippen LogP) is 4.04. The van der Waals surface area contributed by atoms with E-state index in [1.807, 2.05) is 26.0 Å². The van der Waals surface area contributed by atoms with Gasteiger partial charge >= 0.3 is 0 Å². The van der Waals surface area contributed by atoms with E-state index in [-0.39, 0.29) is 48.4 Å². The van der Waals surface area contributed by atoms with Gasteiger partial charge in [-0.1, -0.05) is 58.0 Å². The molecule has 2 saturated heterocycles. The topological polar surface area (TPSA) is 113 Å². The highest BCUT2D eigenvalue weighted by atomic mass is 19.1. The maximum Gasteiger partial charge on any atom is 0.255 e. The Bertz CT molecular complexity index is 1320. The fourth-order valence-electron chi connectivity index (χ4n) is 5.18. The van der Waals surface area contributed by atoms with E-state index in [4.69, 9.17) is 0 Å². The van der Waals surface area contributed by atoms with E-state index in [2.05, 4.69) is 36.6 Å². The fourth-order valence-corrected chi connectivity index (χ4v) is 5.18. The van der Waals surface area contributed by atoms with E-state index in [1.165, 1.54) is 16.5 Å². The molecule has 2 aromatic rings. The van der Waals surface area contributed by atoms with Gasteiger partial charge in [0, 0.05) is 24.9 Å². The van der Waals surface area contributed by atoms with Crippen LogP contribution in [0.25, 0.3) is 0 Å². The van der Waals surface area contributed by atoms with Crippen LogP contribution in [0.4, 0.5) is 4.39 Å². The molecular weight excluding hydrogens is 501 g/mol. The average Bonchev–Trinajstić information content (AvgIpc) is 3.19. The van der Waals surface area contributed by atoms with Crippen molar-refractivity contribution in [2.45, 2.75) is 83.7 Å². The summed E-state index contributed by atoms with van der Waals surface area (Å²) in [6, 6.07) is 10.4. The summed E-state index contributed by atoms with van der Waals surface area (Å²) in [6.45, 7) is 8.33. The molecule has 2 fully saturated rings. The Kier molecular flexibility index (Phi) is 8.28. The minimum Gasteiger partial charge on any atom is -0.322 e. The van der Waals surface area contributed by atoms with Crippen molar-refractivity contribution in [3.63, 3.8) is 0 Å². The van der Waals surface area contributed by atoms with Gasteiger partial charge in [-0.15, -0.1) is 0 Å². The van der Waals surface area contributed by atoms with Crippen molar-refractivity contribution in [1.82, 2.24) is 15.5 Å². The number of benzene rings is 2. The Labute approximate surface area is 227 Å². The van der Waals surface area contributed by atoms with Crippen LogP contribution in [0.1, 0.15) is 104 Å². The summed E-state index contributed by atoms with van der Waals surface area (Å²) in [5.41, 5.74) is 3.88. The molecule has 0 radical (unpaired) electrons. The van der Waals surface area contributed by atoms with Crippen LogP contribution in [0.2, 0.25) is 0 Å². The molecule has 2 unspecified atom stereocenters. The third kappa shape index (κ3) is 6.08. The summed E-state index contributed by atoms with van der Waals surface area (Å²) >= 11 is 0. The van der Waals surface area contributed by atoms with E-state index < -0.39 is 17.8 Å². The Balaban J connectivity index is 0.000000187. The second-order valence-corrected chi connectivity index (χ2v) is 10.9. The number of piperidine rings is 2. The van der Waals surface area contributed by atoms with Gasteiger partial charge < -0.3 is 4.90 Å². The molecule has 3 aliphatic rings. The van der Waals surface area contributed by atoms with Crippen molar-refractivity contribution in [2.24, 2.45) is 0 Å². The number of rotatable bonds is 4. The molecule has 206 valence electrons. The number of hydrogen-bond acceptors (Lipinski definition) is 5. The van der Waals surface area contributed by atoms with Gasteiger partial charge in [-0.2, -0.15) is 0 Å². The molecule has 3 aliphatic heterocycles. The van der Waals surface area contributed by atoms with E-state index >= 15 is 0 Å². The smallest absolute Gasteiger partial charge is 0.255 e. The van der Waals surface area contributed by atoms with Gasteiger partial charge in [0.2, 0.25) is 23.6 Å². The van der Waals surface area contributed by atoms with Crippen LogP contribution in [0, 0.1) is 5.82 Å². The first-order valence-electron chi connectivity index (χ1n) is 13.4. The summed E-state index contributed by atoms with van der Waals surface area (Å²) < 4.78 is 14.1. The summed E-state index contributed by atoms with van der Waals surface area (Å²) in [7, 11) is 0. The largest absolute Gasteiger partial charge is 0.322 e. The first-order chi connectivity index (χ1) is 18.5. The van der Waals surface area contributed by atoms with Crippen LogP contribution in [-0.2, 0) is 25.7 Å². The van der Waals surface area contributed by atoms with Crippen molar-refractivity contribution in [1.29, 1.82) is 0 Å². The predicted molar refractivity (Wildman–Crippen MR) is 142 cm³/mol. The zero-order chi connectivity index (χ0) is 28.4. The number of nitrogens with zero attached hydrogens (tertiary/aromatic N) is 1. The van der Waals surface area contributed by atoms with Gasteiger partial charge in [0.25, 0.3) is 5.91 Å². The van der Waals surface area contributed by atoms with Gasteiger partial charge in [-0.25, -0.2) is 4.39 Å². The summed E-state index contributed by atoms with van der Waals surface area (Å²) in [6.07, 6.45) is 1.57. The molecule has 5 rings (SSSR count). The number of nitrogens with one attached hydrogen (secondary N) is 2. The van der Waals surface area contributed by atoms with E-state index in [9.17, 15) is 28.4 Å². The van der Waals surface area contributed by atoms with E-state index in [1.54, 1.807) is 6.07 Å². The Hall–Kier alpha value is -3.88. The summed E-state index contributed by atoms with van der Waals surface area (Å²) in [4.78, 5) is 59.8. The molecule has 39 heavy (non-hydrogen) atoms. The minimum atomic E-state index is -0.664. The lowest BCUT2D eigenvalue weighted by atomic mass is 9.89. The van der Waals surface area contributed by atoms with Gasteiger partial charge in [0.05, 0.1) is 5.92 Å². The van der Waals surface area contributed by atoms with Crippen LogP contribution in [0.3, 0.4) is 0 Å². The van der Waals surface area contributed by atoms with Crippen LogP contribution < -0.4 is 10.6 Å². The highest BCUT2D eigenvalue weighted by molar-refractivity contribution is 6.05. The lowest BCUT2D eigenvalue weighted by Gasteiger charge is -2.29. The number of fused-ring (bicyclic) bond motifs is 1. The first kappa shape index (κ1) is 28.1. The van der Waals surface area contributed by atoms with Crippen LogP contribution in [0.15, 0.2) is 36.4 Å². The van der Waals surface area contributed by atoms with Gasteiger partial charge in [0.15, 0.2) is 0 Å². The number of halogens is 1. The molecule has 2 atom stereocenters. The van der Waals surface area contributed by atoms with E-state index in [0.717, 1.165) is 11.1 Å². The number of imide groups is 2. The van der Waals surface area contributed by atoms with Gasteiger partial charge in [-0.3, -0.25) is 34.6 Å². The number of amides is 5. The number of carbonyl (C=O) groups excluding carboxylic acids is 5. The van der Waals surface area contributed by atoms with Crippen molar-refractivity contribution >= 4 is 29.5 Å². The Morgan fingerprint density at radius 1 is 0.821 bits per heavy atom. The quantitative estimate of drug-likeness (QED) is 0.574. The second-order valence-electron chi connectivity index (χ2n) is 10.9. The molecule has 3 heterocycles. The molecule has 0 bridgehead atoms. The molecular formula is C30H34FN3O5. The lowest BCUT2D eigenvalue weighted by molar-refractivity contribution is -0.137. The van der Waals surface area contributed by atoms with Gasteiger partial charge in [-0.05, 0) is 53.0 Å². The fraction of sp³-hybridized carbons (Fsp3) is 0.433. The van der Waals surface area contributed by atoms with Crippen LogP contribution >= 0.6 is 0 Å². The zero-order valence-corrected chi connectivity index (χ0v) is 22.7. The normalized spacial score (nSPS) is 21.0. The molecule has 0 aromatic heterocycles. The summed E-state index contributed by atoms with van der Waals surface area (Å²) in [5.74, 6) is -1.51. The van der Waals surface area contributed by atoms with Crippen molar-refractivity contribution in [3.05, 3.63) is 70.0 Å². The van der Waals surface area contributed by atoms with E-state index in [0.29, 0.717) is 36.3 Å². The Morgan fingerprint density at radius 2 is 1.44 bits per heavy atom. The molecule has 0 saturated carbocycles. The zero-order valence-electron chi connectivity index (χ0n) is 22.7. The van der Waals surface area contributed by atoms with Crippen LogP contribution in [0.5, 0.6) is 0 Å². The monoisotopic (exact) mass is 535 g/mol. The van der Waals surface area contributed by atoms with Crippen molar-refractivity contribution < 1.29 is 28.4 Å². The minimum absolute atomic E-state index is 0.0186. The van der Waals surface area contributed by atoms with Crippen LogP contribution in [-0.4, -0.2) is 40.5 Å². The number of carbonyl (C=O) groups is 5. The molecule has 0 aliphatic carbocycles. The molecule has 5 amide bonds. The number of hydrogen-bond donors (Lipinski definition) is 2. The Morgan fingerprint density at radius 3 is 2.00 bits per heavy atom. The van der Waals surface area contributed by atoms with Gasteiger partial charge in [0.1, 0.15) is 11.9 Å². The molecule has 2 aromatic carbocycles. The highest BCUT2D eigenvalue weighted by Gasteiger charge is 2.39. The maximum atomic E-state index is 14.1. The highest BCUT2D eigenvalue weighted by Crippen LogP contribution is 2.31. The second kappa shape index (κ2) is 11.5. The third-order valence-corrected chi connectivity index (χ3v) is 7.51. The standard InChI is InChI=1S/C16H17FN2O3.C14H17NO2/c1-8(2)10-5-9-7-19(16(22)11(9)6-12(10)17)13-3-4-14(20)18-15(13)21;1-9(2)10-3-5-11(6-4-10)12-7-8-13(16)15-14(12)17/h5-6,8,13H,3-4,7H2,1-2H3,(H,18,20,21);3-6,9,12H,7-8H2,1-2H3,(H,15,16,17). The molecule has 8 nitrogen and oxygen atoms in total. The summed E-state index contributed by atoms with van der Waals surface area (Å²) in [5, 5.41) is 4.64. The average molecular weight is 536 g/mol. The first-order valence-corrected chi connectivity index (χ1v) is 13.4. The molecule has 2 N–H and O–H groups in total. The molecule has 9 heteroatoms.